The van der Waals surface area contributed by atoms with Crippen LogP contribution in [0, 0.1) is 17.3 Å². The number of carboxylic acid groups (broad SMARTS) is 1. The second-order valence-corrected chi connectivity index (χ2v) is 11.8. The molecule has 3 fully saturated rings. The summed E-state index contributed by atoms with van der Waals surface area (Å²) in [4.78, 5) is 11.5. The van der Waals surface area contributed by atoms with Crippen molar-refractivity contribution in [2.75, 3.05) is 0 Å². The van der Waals surface area contributed by atoms with Crippen molar-refractivity contribution < 1.29 is 51.8 Å². The molecule has 202 valence electrons. The predicted octanol–water partition coefficient (Wildman–Crippen LogP) is 0.240. The number of hydrogen-bond donors (Lipinski definition) is 5. The van der Waals surface area contributed by atoms with Crippen LogP contribution < -0.4 is 4.18 Å². The first-order valence-corrected chi connectivity index (χ1v) is 13.6. The second-order valence-electron chi connectivity index (χ2n) is 10.8. The van der Waals surface area contributed by atoms with E-state index < -0.39 is 47.1 Å². The number of rotatable bonds is 5. The van der Waals surface area contributed by atoms with E-state index in [0.717, 1.165) is 43.2 Å². The van der Waals surface area contributed by atoms with Crippen LogP contribution in [0.4, 0.5) is 0 Å². The van der Waals surface area contributed by atoms with Crippen LogP contribution >= 0.6 is 0 Å². The van der Waals surface area contributed by atoms with Gasteiger partial charge in [-0.15, -0.1) is 0 Å². The average Bonchev–Trinajstić information content (AvgIpc) is 3.13. The fraction of sp³-hybridized carbons (Fsp3) is 0.708. The molecule has 0 bridgehead atoms. The van der Waals surface area contributed by atoms with E-state index >= 15 is 0 Å². The van der Waals surface area contributed by atoms with Gasteiger partial charge in [0.05, 0.1) is 6.10 Å². The monoisotopic (exact) mass is 606 g/mol. The van der Waals surface area contributed by atoms with E-state index in [1.807, 2.05) is 6.07 Å². The van der Waals surface area contributed by atoms with Crippen molar-refractivity contribution in [1.29, 1.82) is 0 Å². The van der Waals surface area contributed by atoms with E-state index in [4.69, 9.17) is 14.0 Å². The van der Waals surface area contributed by atoms with Gasteiger partial charge in [-0.3, -0.25) is 4.55 Å². The van der Waals surface area contributed by atoms with Gasteiger partial charge < -0.3 is 34.1 Å². The minimum Gasteiger partial charge on any atom is -0.479 e. The minimum absolute atomic E-state index is 0. The molecule has 5 rings (SSSR count). The predicted molar refractivity (Wildman–Crippen MR) is 134 cm³/mol. The minimum atomic E-state index is -4.59. The second kappa shape index (κ2) is 13.0. The molecule has 2 radical (unpaired) electrons. The quantitative estimate of drug-likeness (QED) is 0.229. The molecule has 1 heterocycles. The molecule has 11 nitrogen and oxygen atoms in total. The summed E-state index contributed by atoms with van der Waals surface area (Å²) in [6.45, 7) is 2.15. The van der Waals surface area contributed by atoms with Crippen LogP contribution in [0.5, 0.6) is 5.75 Å². The molecular formula is C24H32K2O11S. The van der Waals surface area contributed by atoms with Crippen molar-refractivity contribution in [2.24, 2.45) is 17.3 Å². The van der Waals surface area contributed by atoms with E-state index in [2.05, 4.69) is 11.1 Å². The van der Waals surface area contributed by atoms with Gasteiger partial charge in [0, 0.05) is 103 Å². The zero-order valence-corrected chi connectivity index (χ0v) is 28.8. The molecule has 3 aliphatic carbocycles. The molecule has 1 aromatic carbocycles. The Morgan fingerprint density at radius 1 is 1.05 bits per heavy atom. The molecule has 38 heavy (non-hydrogen) atoms. The third-order valence-corrected chi connectivity index (χ3v) is 9.33. The van der Waals surface area contributed by atoms with E-state index in [0.29, 0.717) is 18.3 Å². The molecule has 4 aliphatic rings. The Balaban J connectivity index is 0.00000200. The Bertz CT molecular complexity index is 1130. The summed E-state index contributed by atoms with van der Waals surface area (Å²) >= 11 is 0. The van der Waals surface area contributed by atoms with Gasteiger partial charge in [0.25, 0.3) is 0 Å². The Hall–Kier alpha value is 1.47. The first-order chi connectivity index (χ1) is 16.9. The molecule has 14 heteroatoms. The van der Waals surface area contributed by atoms with Crippen LogP contribution in [0.2, 0.25) is 0 Å². The maximum atomic E-state index is 11.5. The van der Waals surface area contributed by atoms with Crippen molar-refractivity contribution in [3.63, 3.8) is 0 Å². The molecule has 1 aliphatic heterocycles. The molecule has 0 amide bonds. The van der Waals surface area contributed by atoms with E-state index in [9.17, 15) is 33.6 Å². The summed E-state index contributed by atoms with van der Waals surface area (Å²) in [5.41, 5.74) is 1.93. The Morgan fingerprint density at radius 3 is 2.42 bits per heavy atom. The van der Waals surface area contributed by atoms with Crippen molar-refractivity contribution in [1.82, 2.24) is 0 Å². The number of hydrogen-bond acceptors (Lipinski definition) is 9. The molecule has 0 unspecified atom stereocenters. The topological polar surface area (TPSA) is 180 Å². The number of carboxylic acids is 1. The number of carbonyl (C=O) groups is 1. The fourth-order valence-corrected chi connectivity index (χ4v) is 7.58. The fourth-order valence-electron chi connectivity index (χ4n) is 7.23. The van der Waals surface area contributed by atoms with Crippen LogP contribution in [0.25, 0.3) is 0 Å². The smallest absolute Gasteiger partial charge is 0.446 e. The van der Waals surface area contributed by atoms with Gasteiger partial charge in [-0.1, -0.05) is 13.0 Å². The number of aliphatic carboxylic acids is 1. The maximum Gasteiger partial charge on any atom is 0.446 e. The number of aliphatic hydroxyl groups is 3. The van der Waals surface area contributed by atoms with Crippen LogP contribution in [-0.4, -0.2) is 179 Å². The van der Waals surface area contributed by atoms with Gasteiger partial charge in [0.15, 0.2) is 12.4 Å². The van der Waals surface area contributed by atoms with Crippen LogP contribution in [0.3, 0.4) is 0 Å². The summed E-state index contributed by atoms with van der Waals surface area (Å²) in [7, 11) is -4.59. The van der Waals surface area contributed by atoms with Crippen molar-refractivity contribution in [3.05, 3.63) is 29.3 Å². The molecule has 2 saturated carbocycles. The van der Waals surface area contributed by atoms with Crippen molar-refractivity contribution in [2.45, 2.75) is 88.2 Å². The van der Waals surface area contributed by atoms with Gasteiger partial charge in [0.1, 0.15) is 24.1 Å². The third-order valence-electron chi connectivity index (χ3n) is 8.92. The Kier molecular flexibility index (Phi) is 11.6. The molecule has 1 saturated heterocycles. The SMILES string of the molecule is C[C@]12CC[C@@H]3c4ccc(OS(=O)(=O)O)cc4CC[C@H]3[C@@H]1CC[C@@H]2O[C@@H]1O[C@H](C(=O)O)[C@@H](O)[C@H](O)[C@H]1O.[K].[K]. The first-order valence-electron chi connectivity index (χ1n) is 12.3. The van der Waals surface area contributed by atoms with Gasteiger partial charge in [0.2, 0.25) is 0 Å². The zero-order chi connectivity index (χ0) is 26.0. The molecule has 0 spiro atoms. The number of fused-ring (bicyclic) bond motifs is 5. The third kappa shape index (κ3) is 6.51. The van der Waals surface area contributed by atoms with Crippen molar-refractivity contribution >= 4 is 119 Å². The van der Waals surface area contributed by atoms with E-state index in [-0.39, 0.29) is 126 Å². The van der Waals surface area contributed by atoms with Gasteiger partial charge in [-0.25, -0.2) is 4.79 Å². The van der Waals surface area contributed by atoms with Crippen molar-refractivity contribution in [3.8, 4) is 5.75 Å². The Labute approximate surface area is 306 Å². The zero-order valence-electron chi connectivity index (χ0n) is 21.8. The normalized spacial score (nSPS) is 40.0. The van der Waals surface area contributed by atoms with Gasteiger partial charge >= 0.3 is 16.4 Å². The number of benzene rings is 1. The standard InChI is InChI=1S/C24H32O11S.2K/c1-24-9-8-14-13-5-3-12(35-36(30,31)32)10-11(13)2-4-15(14)16(24)6-7-17(24)33-23-20(27)18(25)19(26)21(34-23)22(28)29;;/h3,5,10,14-21,23,25-27H,2,4,6-9H2,1H3,(H,28,29)(H,30,31,32);;/t14-,15-,16+,17+,18+,19+,20-,21+,23-,24+;;/m1../s1. The summed E-state index contributed by atoms with van der Waals surface area (Å²) in [5.74, 6) is -0.383. The molecule has 5 N–H and O–H groups in total. The van der Waals surface area contributed by atoms with E-state index in [1.165, 1.54) is 0 Å². The molecule has 10 atom stereocenters. The van der Waals surface area contributed by atoms with Gasteiger partial charge in [-0.2, -0.15) is 8.42 Å². The first kappa shape index (κ1) is 34.0. The molecule has 1 aromatic rings. The maximum absolute atomic E-state index is 11.5. The molecule has 0 aromatic heterocycles. The largest absolute Gasteiger partial charge is 0.479 e. The van der Waals surface area contributed by atoms with Crippen LogP contribution in [0.15, 0.2) is 18.2 Å². The van der Waals surface area contributed by atoms with Crippen LogP contribution in [0.1, 0.15) is 56.1 Å². The van der Waals surface area contributed by atoms with Gasteiger partial charge in [-0.05, 0) is 85.0 Å². The summed E-state index contributed by atoms with van der Waals surface area (Å²) in [5, 5.41) is 39.9. The summed E-state index contributed by atoms with van der Waals surface area (Å²) in [6.07, 6.45) is -3.49. The number of aryl methyl sites for hydroxylation is 1. The summed E-state index contributed by atoms with van der Waals surface area (Å²) < 4.78 is 47.3. The molecular weight excluding hydrogens is 575 g/mol. The van der Waals surface area contributed by atoms with Crippen LogP contribution in [-0.2, 0) is 31.1 Å². The number of ether oxygens (including phenoxy) is 2. The summed E-state index contributed by atoms with van der Waals surface area (Å²) in [6, 6.07) is 5.11. The van der Waals surface area contributed by atoms with E-state index in [1.54, 1.807) is 12.1 Å². The number of aliphatic hydroxyl groups excluding tert-OH is 3. The average molecular weight is 607 g/mol. The Morgan fingerprint density at radius 2 is 1.76 bits per heavy atom.